The van der Waals surface area contributed by atoms with Gasteiger partial charge in [0.25, 0.3) is 0 Å². The second-order valence-electron chi connectivity index (χ2n) is 6.06. The molecule has 120 valence electrons. The maximum Gasteiger partial charge on any atom is 0.0865 e. The second-order valence-corrected chi connectivity index (χ2v) is 6.06. The van der Waals surface area contributed by atoms with Crippen molar-refractivity contribution in [2.75, 3.05) is 6.54 Å². The van der Waals surface area contributed by atoms with E-state index in [1.54, 1.807) is 12.2 Å². The summed E-state index contributed by atoms with van der Waals surface area (Å²) in [6, 6.07) is 2.20. The van der Waals surface area contributed by atoms with Gasteiger partial charge in [0.2, 0.25) is 0 Å². The molecule has 21 heavy (non-hydrogen) atoms. The van der Waals surface area contributed by atoms with E-state index in [9.17, 15) is 5.11 Å². The van der Waals surface area contributed by atoms with Crippen LogP contribution in [0.4, 0.5) is 0 Å². The van der Waals surface area contributed by atoms with Crippen LogP contribution in [0.25, 0.3) is 0 Å². The molecule has 0 aliphatic carbocycles. The highest BCUT2D eigenvalue weighted by molar-refractivity contribution is 4.99. The minimum Gasteiger partial charge on any atom is -0.388 e. The Morgan fingerprint density at radius 3 is 2.14 bits per heavy atom. The summed E-state index contributed by atoms with van der Waals surface area (Å²) in [7, 11) is 0. The maximum atomic E-state index is 10.7. The normalized spacial score (nSPS) is 13.5. The summed E-state index contributed by atoms with van der Waals surface area (Å²) in [5.41, 5.74) is -0.709. The predicted octanol–water partition coefficient (Wildman–Crippen LogP) is 3.96. The summed E-state index contributed by atoms with van der Waals surface area (Å²) in [4.78, 5) is 0. The van der Waals surface area contributed by atoms with Crippen molar-refractivity contribution in [1.82, 2.24) is 5.32 Å². The Morgan fingerprint density at radius 1 is 1.24 bits per heavy atom. The van der Waals surface area contributed by atoms with Gasteiger partial charge in [-0.3, -0.25) is 0 Å². The van der Waals surface area contributed by atoms with Crippen LogP contribution in [0.2, 0.25) is 0 Å². The van der Waals surface area contributed by atoms with Crippen molar-refractivity contribution in [2.45, 2.75) is 70.9 Å². The van der Waals surface area contributed by atoms with Gasteiger partial charge in [0.15, 0.2) is 0 Å². The first-order valence-corrected chi connectivity index (χ1v) is 7.98. The zero-order chi connectivity index (χ0) is 16.4. The Morgan fingerprint density at radius 2 is 1.76 bits per heavy atom. The highest BCUT2D eigenvalue weighted by Crippen LogP contribution is 2.32. The number of nitrogens with zero attached hydrogens (tertiary/aromatic N) is 1. The van der Waals surface area contributed by atoms with Crippen LogP contribution < -0.4 is 5.32 Å². The number of nitriles is 1. The van der Waals surface area contributed by atoms with Gasteiger partial charge in [-0.15, -0.1) is 13.2 Å². The van der Waals surface area contributed by atoms with Crippen LogP contribution in [0.5, 0.6) is 0 Å². The maximum absolute atomic E-state index is 10.7. The topological polar surface area (TPSA) is 56.0 Å². The molecule has 1 atom stereocenters. The van der Waals surface area contributed by atoms with Gasteiger partial charge >= 0.3 is 0 Å². The van der Waals surface area contributed by atoms with Crippen LogP contribution in [0.3, 0.4) is 0 Å². The molecule has 1 unspecified atom stereocenters. The number of hydrogen-bond acceptors (Lipinski definition) is 3. The van der Waals surface area contributed by atoms with E-state index in [1.165, 1.54) is 0 Å². The smallest absolute Gasteiger partial charge is 0.0865 e. The summed E-state index contributed by atoms with van der Waals surface area (Å²) in [5.74, 6) is 0. The molecular formula is C18H32N2O. The minimum absolute atomic E-state index is 0.0481. The summed E-state index contributed by atoms with van der Waals surface area (Å²) in [6.07, 6.45) is 8.14. The van der Waals surface area contributed by atoms with E-state index in [4.69, 9.17) is 5.26 Å². The lowest BCUT2D eigenvalue weighted by molar-refractivity contribution is 0.00809. The molecule has 0 aromatic rings. The monoisotopic (exact) mass is 292 g/mol. The third kappa shape index (κ3) is 6.03. The zero-order valence-electron chi connectivity index (χ0n) is 14.0. The molecule has 0 radical (unpaired) electrons. The zero-order valence-corrected chi connectivity index (χ0v) is 14.0. The van der Waals surface area contributed by atoms with Gasteiger partial charge in [0, 0.05) is 19.0 Å². The standard InChI is InChI=1S/C18H32N2O/c1-6-11-18(21,12-7-2)16(5)20-15-17(8-3,9-4)13-10-14-19/h6-7,16,20-21H,1-2,8-13,15H2,3-5H3. The second kappa shape index (κ2) is 9.76. The lowest BCUT2D eigenvalue weighted by Crippen LogP contribution is -2.51. The van der Waals surface area contributed by atoms with Crippen LogP contribution >= 0.6 is 0 Å². The lowest BCUT2D eigenvalue weighted by atomic mass is 9.77. The van der Waals surface area contributed by atoms with E-state index < -0.39 is 5.60 Å². The Bertz CT molecular complexity index is 343. The fourth-order valence-electron chi connectivity index (χ4n) is 2.76. The Balaban J connectivity index is 4.80. The summed E-state index contributed by atoms with van der Waals surface area (Å²) >= 11 is 0. The van der Waals surface area contributed by atoms with Crippen molar-refractivity contribution < 1.29 is 5.11 Å². The highest BCUT2D eigenvalue weighted by Gasteiger charge is 2.33. The molecule has 0 aromatic carbocycles. The van der Waals surface area contributed by atoms with E-state index in [0.29, 0.717) is 19.3 Å². The van der Waals surface area contributed by atoms with E-state index in [1.807, 2.05) is 6.92 Å². The third-order valence-corrected chi connectivity index (χ3v) is 4.85. The molecule has 2 N–H and O–H groups in total. The van der Waals surface area contributed by atoms with Crippen LogP contribution in [-0.4, -0.2) is 23.3 Å². The van der Waals surface area contributed by atoms with E-state index in [-0.39, 0.29) is 11.5 Å². The SMILES string of the molecule is C=CCC(O)(CC=C)C(C)NCC(CC)(CC)CCC#N. The van der Waals surface area contributed by atoms with Crippen LogP contribution in [0.15, 0.2) is 25.3 Å². The lowest BCUT2D eigenvalue weighted by Gasteiger charge is -2.38. The van der Waals surface area contributed by atoms with Gasteiger partial charge in [-0.05, 0) is 44.4 Å². The third-order valence-electron chi connectivity index (χ3n) is 4.85. The van der Waals surface area contributed by atoms with Crippen molar-refractivity contribution in [2.24, 2.45) is 5.41 Å². The number of nitrogens with one attached hydrogen (secondary N) is 1. The van der Waals surface area contributed by atoms with Gasteiger partial charge in [-0.25, -0.2) is 0 Å². The Hall–Kier alpha value is -1.11. The van der Waals surface area contributed by atoms with E-state index >= 15 is 0 Å². The molecular weight excluding hydrogens is 260 g/mol. The molecule has 3 nitrogen and oxygen atoms in total. The van der Waals surface area contributed by atoms with Gasteiger partial charge in [-0.2, -0.15) is 5.26 Å². The van der Waals surface area contributed by atoms with E-state index in [2.05, 4.69) is 38.4 Å². The van der Waals surface area contributed by atoms with Crippen molar-refractivity contribution in [3.8, 4) is 6.07 Å². The fraction of sp³-hybridized carbons (Fsp3) is 0.722. The highest BCUT2D eigenvalue weighted by atomic mass is 16.3. The molecule has 3 heteroatoms. The quantitative estimate of drug-likeness (QED) is 0.535. The molecule has 0 aliphatic heterocycles. The Kier molecular flexibility index (Phi) is 9.24. The predicted molar refractivity (Wildman–Crippen MR) is 89.9 cm³/mol. The van der Waals surface area contributed by atoms with Crippen LogP contribution in [0.1, 0.15) is 59.3 Å². The molecule has 0 bridgehead atoms. The largest absolute Gasteiger partial charge is 0.388 e. The first kappa shape index (κ1) is 19.9. The van der Waals surface area contributed by atoms with E-state index in [0.717, 1.165) is 25.8 Å². The first-order valence-electron chi connectivity index (χ1n) is 7.98. The van der Waals surface area contributed by atoms with Gasteiger partial charge in [0.05, 0.1) is 11.7 Å². The summed E-state index contributed by atoms with van der Waals surface area (Å²) in [5, 5.41) is 23.1. The molecule has 0 saturated carbocycles. The van der Waals surface area contributed by atoms with Gasteiger partial charge in [-0.1, -0.05) is 26.0 Å². The molecule has 0 saturated heterocycles. The van der Waals surface area contributed by atoms with Crippen molar-refractivity contribution in [1.29, 1.82) is 5.26 Å². The van der Waals surface area contributed by atoms with Crippen molar-refractivity contribution in [3.63, 3.8) is 0 Å². The molecule has 0 rings (SSSR count). The number of rotatable bonds is 12. The molecule has 0 fully saturated rings. The summed E-state index contributed by atoms with van der Waals surface area (Å²) < 4.78 is 0. The summed E-state index contributed by atoms with van der Waals surface area (Å²) in [6.45, 7) is 14.6. The fourth-order valence-corrected chi connectivity index (χ4v) is 2.76. The van der Waals surface area contributed by atoms with Crippen molar-refractivity contribution >= 4 is 0 Å². The minimum atomic E-state index is -0.841. The molecule has 0 heterocycles. The Labute approximate surface area is 130 Å². The molecule has 0 aromatic heterocycles. The molecule has 0 aliphatic rings. The van der Waals surface area contributed by atoms with Crippen molar-refractivity contribution in [3.05, 3.63) is 25.3 Å². The number of hydrogen-bond donors (Lipinski definition) is 2. The van der Waals surface area contributed by atoms with Crippen LogP contribution in [0, 0.1) is 16.7 Å². The van der Waals surface area contributed by atoms with Crippen LogP contribution in [-0.2, 0) is 0 Å². The average Bonchev–Trinajstić information content (AvgIpc) is 2.48. The molecule has 0 spiro atoms. The first-order chi connectivity index (χ1) is 9.93. The van der Waals surface area contributed by atoms with Gasteiger partial charge in [0.1, 0.15) is 0 Å². The number of aliphatic hydroxyl groups is 1. The molecule has 0 amide bonds. The van der Waals surface area contributed by atoms with Gasteiger partial charge < -0.3 is 10.4 Å². The average molecular weight is 292 g/mol.